The molecule has 0 saturated heterocycles. The van der Waals surface area contributed by atoms with Crippen LogP contribution in [0.1, 0.15) is 11.3 Å². The monoisotopic (exact) mass is 446 g/mol. The predicted octanol–water partition coefficient (Wildman–Crippen LogP) is 4.85. The summed E-state index contributed by atoms with van der Waals surface area (Å²) in [5.41, 5.74) is 1.98. The number of rotatable bonds is 7. The molecule has 8 nitrogen and oxygen atoms in total. The highest BCUT2D eigenvalue weighted by Gasteiger charge is 2.19. The highest BCUT2D eigenvalue weighted by atomic mass is 32.1. The fourth-order valence-corrected chi connectivity index (χ4v) is 4.03. The molecule has 2 aromatic heterocycles. The van der Waals surface area contributed by atoms with Gasteiger partial charge in [0.2, 0.25) is 0 Å². The molecule has 0 aliphatic carbocycles. The van der Waals surface area contributed by atoms with E-state index in [4.69, 9.17) is 4.74 Å². The van der Waals surface area contributed by atoms with E-state index >= 15 is 0 Å². The molecular weight excluding hydrogens is 428 g/mol. The van der Waals surface area contributed by atoms with Crippen LogP contribution in [0.4, 0.5) is 10.8 Å². The number of fused-ring (bicyclic) bond motifs is 1. The molecule has 0 fully saturated rings. The Morgan fingerprint density at radius 3 is 2.81 bits per heavy atom. The summed E-state index contributed by atoms with van der Waals surface area (Å²) in [4.78, 5) is 34.2. The van der Waals surface area contributed by atoms with Gasteiger partial charge in [-0.1, -0.05) is 29.5 Å². The zero-order valence-electron chi connectivity index (χ0n) is 17.0. The fourth-order valence-electron chi connectivity index (χ4n) is 3.03. The van der Waals surface area contributed by atoms with Gasteiger partial charge in [-0.2, -0.15) is 0 Å². The number of nitrogens with zero attached hydrogens (tertiary/aromatic N) is 4. The summed E-state index contributed by atoms with van der Waals surface area (Å²) >= 11 is 1.37. The third-order valence-corrected chi connectivity index (χ3v) is 5.67. The first-order valence-corrected chi connectivity index (χ1v) is 10.4. The smallest absolute Gasteiger partial charge is 0.270 e. The molecule has 0 spiro atoms. The number of ether oxygens (including phenoxy) is 1. The van der Waals surface area contributed by atoms with Crippen LogP contribution in [0.25, 0.3) is 16.3 Å². The number of carbonyl (C=O) groups excluding carboxylic acids is 1. The van der Waals surface area contributed by atoms with E-state index in [0.29, 0.717) is 22.1 Å². The molecule has 9 heteroatoms. The normalized spacial score (nSPS) is 11.0. The molecule has 2 aromatic carbocycles. The van der Waals surface area contributed by atoms with E-state index in [0.717, 1.165) is 10.2 Å². The molecule has 4 aromatic rings. The molecule has 0 saturated carbocycles. The lowest BCUT2D eigenvalue weighted by Crippen LogP contribution is -2.29. The van der Waals surface area contributed by atoms with Gasteiger partial charge in [-0.15, -0.1) is 0 Å². The summed E-state index contributed by atoms with van der Waals surface area (Å²) in [6.45, 7) is 0.232. The molecular formula is C23H18N4O4S. The Hall–Kier alpha value is -4.11. The fraction of sp³-hybridized carbons (Fsp3) is 0.0870. The second kappa shape index (κ2) is 9.36. The second-order valence-electron chi connectivity index (χ2n) is 6.76. The number of amides is 1. The molecule has 160 valence electrons. The quantitative estimate of drug-likeness (QED) is 0.229. The number of carbonyl (C=O) groups is 1. The highest BCUT2D eigenvalue weighted by Crippen LogP contribution is 2.32. The van der Waals surface area contributed by atoms with Crippen LogP contribution in [0.3, 0.4) is 0 Å². The Kier molecular flexibility index (Phi) is 6.18. The summed E-state index contributed by atoms with van der Waals surface area (Å²) < 4.78 is 6.17. The maximum Gasteiger partial charge on any atom is 0.270 e. The molecule has 0 N–H and O–H groups in total. The SMILES string of the molecule is COc1ccc2nc(N(Cc3ccccn3)C(=O)C=Cc3cccc([N+](=O)[O-])c3)sc2c1. The van der Waals surface area contributed by atoms with Crippen LogP contribution in [0.15, 0.2) is 72.9 Å². The standard InChI is InChI=1S/C23H18N4O4S/c1-31-19-9-10-20-21(14-19)32-23(25-20)26(15-17-6-2-3-12-24-17)22(28)11-8-16-5-4-7-18(13-16)27(29)30/h2-14H,15H2,1H3. The zero-order valence-corrected chi connectivity index (χ0v) is 17.9. The molecule has 0 aliphatic heterocycles. The van der Waals surface area contributed by atoms with Crippen LogP contribution >= 0.6 is 11.3 Å². The Bertz CT molecular complexity index is 1300. The van der Waals surface area contributed by atoms with Crippen molar-refractivity contribution >= 4 is 44.4 Å². The average Bonchev–Trinajstić information content (AvgIpc) is 3.24. The van der Waals surface area contributed by atoms with Crippen molar-refractivity contribution in [1.29, 1.82) is 0 Å². The van der Waals surface area contributed by atoms with Gasteiger partial charge in [0.1, 0.15) is 5.75 Å². The first-order chi connectivity index (χ1) is 15.5. The average molecular weight is 446 g/mol. The molecule has 0 atom stereocenters. The number of methoxy groups -OCH3 is 1. The van der Waals surface area contributed by atoms with Crippen LogP contribution < -0.4 is 9.64 Å². The van der Waals surface area contributed by atoms with E-state index in [1.807, 2.05) is 36.4 Å². The van der Waals surface area contributed by atoms with Crippen LogP contribution in [-0.2, 0) is 11.3 Å². The molecule has 0 unspecified atom stereocenters. The van der Waals surface area contributed by atoms with Crippen molar-refractivity contribution in [2.75, 3.05) is 12.0 Å². The summed E-state index contributed by atoms with van der Waals surface area (Å²) in [6, 6.07) is 17.1. The topological polar surface area (TPSA) is 98.5 Å². The van der Waals surface area contributed by atoms with Gasteiger partial charge in [-0.05, 0) is 42.0 Å². The largest absolute Gasteiger partial charge is 0.497 e. The zero-order chi connectivity index (χ0) is 22.5. The lowest BCUT2D eigenvalue weighted by molar-refractivity contribution is -0.384. The maximum absolute atomic E-state index is 13.2. The number of pyridine rings is 1. The van der Waals surface area contributed by atoms with Gasteiger partial charge in [0.25, 0.3) is 11.6 Å². The number of nitro groups is 1. The summed E-state index contributed by atoms with van der Waals surface area (Å²) in [5.74, 6) is 0.397. The van der Waals surface area contributed by atoms with Crippen LogP contribution in [-0.4, -0.2) is 27.9 Å². The first kappa shape index (κ1) is 21.1. The van der Waals surface area contributed by atoms with E-state index in [2.05, 4.69) is 9.97 Å². The van der Waals surface area contributed by atoms with Crippen molar-refractivity contribution in [3.8, 4) is 5.75 Å². The van der Waals surface area contributed by atoms with Gasteiger partial charge < -0.3 is 4.74 Å². The highest BCUT2D eigenvalue weighted by molar-refractivity contribution is 7.22. The molecule has 0 radical (unpaired) electrons. The van der Waals surface area contributed by atoms with Gasteiger partial charge in [0.15, 0.2) is 5.13 Å². The van der Waals surface area contributed by atoms with Gasteiger partial charge in [0.05, 0.1) is 34.5 Å². The minimum atomic E-state index is -0.470. The van der Waals surface area contributed by atoms with Gasteiger partial charge in [-0.25, -0.2) is 4.98 Å². The number of hydrogen-bond donors (Lipinski definition) is 0. The van der Waals surface area contributed by atoms with Gasteiger partial charge in [0, 0.05) is 24.4 Å². The Morgan fingerprint density at radius 2 is 2.06 bits per heavy atom. The molecule has 0 aliphatic rings. The number of nitro benzene ring substituents is 1. The van der Waals surface area contributed by atoms with Crippen LogP contribution in [0.2, 0.25) is 0 Å². The minimum Gasteiger partial charge on any atom is -0.497 e. The Labute approximate surface area is 187 Å². The van der Waals surface area contributed by atoms with Crippen molar-refractivity contribution in [1.82, 2.24) is 9.97 Å². The molecule has 1 amide bonds. The van der Waals surface area contributed by atoms with Crippen molar-refractivity contribution in [2.45, 2.75) is 6.54 Å². The van der Waals surface area contributed by atoms with E-state index in [1.54, 1.807) is 31.5 Å². The van der Waals surface area contributed by atoms with E-state index in [1.165, 1.54) is 34.4 Å². The lowest BCUT2D eigenvalue weighted by Gasteiger charge is -2.17. The number of non-ortho nitro benzene ring substituents is 1. The number of hydrogen-bond acceptors (Lipinski definition) is 7. The first-order valence-electron chi connectivity index (χ1n) is 9.62. The third-order valence-electron chi connectivity index (χ3n) is 4.63. The van der Waals surface area contributed by atoms with Gasteiger partial charge in [-0.3, -0.25) is 24.8 Å². The van der Waals surface area contributed by atoms with Gasteiger partial charge >= 0.3 is 0 Å². The minimum absolute atomic E-state index is 0.0370. The number of aromatic nitrogens is 2. The predicted molar refractivity (Wildman–Crippen MR) is 124 cm³/mol. The number of thiazole rings is 1. The van der Waals surface area contributed by atoms with E-state index in [-0.39, 0.29) is 18.1 Å². The lowest BCUT2D eigenvalue weighted by atomic mass is 10.2. The van der Waals surface area contributed by atoms with E-state index < -0.39 is 4.92 Å². The molecule has 0 bridgehead atoms. The van der Waals surface area contributed by atoms with Crippen LogP contribution in [0.5, 0.6) is 5.75 Å². The molecule has 32 heavy (non-hydrogen) atoms. The van der Waals surface area contributed by atoms with Crippen molar-refractivity contribution in [3.63, 3.8) is 0 Å². The van der Waals surface area contributed by atoms with E-state index in [9.17, 15) is 14.9 Å². The number of benzene rings is 2. The van der Waals surface area contributed by atoms with Crippen molar-refractivity contribution < 1.29 is 14.5 Å². The van der Waals surface area contributed by atoms with Crippen molar-refractivity contribution in [3.05, 3.63) is 94.3 Å². The Morgan fingerprint density at radius 1 is 1.19 bits per heavy atom. The maximum atomic E-state index is 13.2. The van der Waals surface area contributed by atoms with Crippen molar-refractivity contribution in [2.24, 2.45) is 0 Å². The van der Waals surface area contributed by atoms with Crippen LogP contribution in [0, 0.1) is 10.1 Å². The number of anilines is 1. The summed E-state index contributed by atoms with van der Waals surface area (Å²) in [6.07, 6.45) is 4.60. The Balaban J connectivity index is 1.67. The summed E-state index contributed by atoms with van der Waals surface area (Å²) in [7, 11) is 1.60. The molecule has 4 rings (SSSR count). The summed E-state index contributed by atoms with van der Waals surface area (Å²) in [5, 5.41) is 11.5. The molecule has 2 heterocycles. The second-order valence-corrected chi connectivity index (χ2v) is 7.77. The third kappa shape index (κ3) is 4.79.